The van der Waals surface area contributed by atoms with Crippen LogP contribution in [0, 0.1) is 5.92 Å². The minimum absolute atomic E-state index is 0. The number of halogens is 1. The molecular weight excluding hydrogens is 276 g/mol. The maximum absolute atomic E-state index is 11.7. The van der Waals surface area contributed by atoms with Crippen molar-refractivity contribution in [3.8, 4) is 0 Å². The summed E-state index contributed by atoms with van der Waals surface area (Å²) in [4.78, 5) is 11.7. The molecule has 0 radical (unpaired) electrons. The molecule has 0 aromatic rings. The maximum Gasteiger partial charge on any atom is 0.237 e. The molecule has 0 saturated carbocycles. The highest BCUT2D eigenvalue weighted by atomic mass is 35.5. The lowest BCUT2D eigenvalue weighted by molar-refractivity contribution is -0.123. The number of nitrogens with one attached hydrogen (secondary N) is 1. The van der Waals surface area contributed by atoms with Gasteiger partial charge < -0.3 is 11.1 Å². The molecule has 3 atom stereocenters. The lowest BCUT2D eigenvalue weighted by atomic mass is 9.99. The molecule has 0 bridgehead atoms. The Labute approximate surface area is 119 Å². The van der Waals surface area contributed by atoms with Gasteiger partial charge in [0.2, 0.25) is 5.91 Å². The summed E-state index contributed by atoms with van der Waals surface area (Å²) in [6.45, 7) is 4.85. The second-order valence-corrected chi connectivity index (χ2v) is 6.78. The molecule has 102 valence electrons. The molecular formula is C11H23ClN2OS2. The first-order valence-corrected chi connectivity index (χ1v) is 8.08. The molecule has 3 nitrogen and oxygen atoms in total. The van der Waals surface area contributed by atoms with E-state index in [1.165, 1.54) is 11.5 Å². The molecule has 0 aliphatic carbocycles. The number of carbonyl (C=O) groups excluding carboxylic acids is 1. The second kappa shape index (κ2) is 9.36. The number of nitrogens with two attached hydrogens (primary N) is 1. The lowest BCUT2D eigenvalue weighted by Gasteiger charge is -2.23. The Bertz CT molecular complexity index is 226. The molecule has 1 aliphatic rings. The molecule has 1 saturated heterocycles. The Balaban J connectivity index is 0.00000256. The van der Waals surface area contributed by atoms with Crippen LogP contribution in [0.25, 0.3) is 0 Å². The summed E-state index contributed by atoms with van der Waals surface area (Å²) < 4.78 is 0. The predicted octanol–water partition coefficient (Wildman–Crippen LogP) is 1.75. The van der Waals surface area contributed by atoms with E-state index < -0.39 is 0 Å². The molecule has 0 aromatic carbocycles. The van der Waals surface area contributed by atoms with Crippen molar-refractivity contribution in [1.29, 1.82) is 0 Å². The fourth-order valence-electron chi connectivity index (χ4n) is 1.50. The first-order chi connectivity index (χ1) is 7.65. The van der Waals surface area contributed by atoms with Crippen molar-refractivity contribution in [2.24, 2.45) is 11.7 Å². The number of amides is 1. The van der Waals surface area contributed by atoms with Crippen LogP contribution in [0.1, 0.15) is 20.3 Å². The van der Waals surface area contributed by atoms with Crippen molar-refractivity contribution < 1.29 is 4.79 Å². The summed E-state index contributed by atoms with van der Waals surface area (Å²) in [5.74, 6) is 3.84. The van der Waals surface area contributed by atoms with Crippen molar-refractivity contribution in [3.05, 3.63) is 0 Å². The minimum Gasteiger partial charge on any atom is -0.354 e. The third-order valence-corrected chi connectivity index (χ3v) is 5.79. The SMILES string of the molecule is CCC(C)C(N)C(=O)NCC1CSCCS1.Cl. The van der Waals surface area contributed by atoms with Gasteiger partial charge in [0.25, 0.3) is 0 Å². The van der Waals surface area contributed by atoms with Crippen LogP contribution in [0.4, 0.5) is 0 Å². The van der Waals surface area contributed by atoms with Crippen LogP contribution >= 0.6 is 35.9 Å². The van der Waals surface area contributed by atoms with Gasteiger partial charge in [0.05, 0.1) is 6.04 Å². The quantitative estimate of drug-likeness (QED) is 0.812. The first kappa shape index (κ1) is 17.4. The lowest BCUT2D eigenvalue weighted by Crippen LogP contribution is -2.46. The molecule has 6 heteroatoms. The highest BCUT2D eigenvalue weighted by Crippen LogP contribution is 2.23. The monoisotopic (exact) mass is 298 g/mol. The molecule has 3 unspecified atom stereocenters. The highest BCUT2D eigenvalue weighted by Gasteiger charge is 2.21. The van der Waals surface area contributed by atoms with Crippen LogP contribution in [0.2, 0.25) is 0 Å². The molecule has 3 N–H and O–H groups in total. The summed E-state index contributed by atoms with van der Waals surface area (Å²) in [5, 5.41) is 3.53. The van der Waals surface area contributed by atoms with E-state index in [1.54, 1.807) is 0 Å². The molecule has 1 fully saturated rings. The number of rotatable bonds is 5. The van der Waals surface area contributed by atoms with E-state index in [-0.39, 0.29) is 30.3 Å². The number of carbonyl (C=O) groups is 1. The van der Waals surface area contributed by atoms with Gasteiger partial charge in [-0.2, -0.15) is 23.5 Å². The minimum atomic E-state index is -0.355. The van der Waals surface area contributed by atoms with E-state index in [9.17, 15) is 4.79 Å². The van der Waals surface area contributed by atoms with Crippen LogP contribution in [-0.2, 0) is 4.79 Å². The molecule has 1 amide bonds. The Morgan fingerprint density at radius 1 is 1.53 bits per heavy atom. The molecule has 1 aliphatic heterocycles. The van der Waals surface area contributed by atoms with E-state index in [1.807, 2.05) is 30.4 Å². The summed E-state index contributed by atoms with van der Waals surface area (Å²) in [7, 11) is 0. The van der Waals surface area contributed by atoms with E-state index >= 15 is 0 Å². The van der Waals surface area contributed by atoms with Gasteiger partial charge in [0, 0.05) is 29.1 Å². The van der Waals surface area contributed by atoms with Crippen LogP contribution < -0.4 is 11.1 Å². The molecule has 17 heavy (non-hydrogen) atoms. The standard InChI is InChI=1S/C11H22N2OS2.ClH/c1-3-8(2)10(12)11(14)13-6-9-7-15-4-5-16-9;/h8-10H,3-7,12H2,1-2H3,(H,13,14);1H. The smallest absolute Gasteiger partial charge is 0.237 e. The average Bonchev–Trinajstić information content (AvgIpc) is 2.35. The number of hydrogen-bond acceptors (Lipinski definition) is 4. The van der Waals surface area contributed by atoms with E-state index in [0.29, 0.717) is 5.25 Å². The first-order valence-electron chi connectivity index (χ1n) is 5.87. The Hall–Kier alpha value is 0.420. The normalized spacial score (nSPS) is 23.4. The average molecular weight is 299 g/mol. The largest absolute Gasteiger partial charge is 0.354 e. The maximum atomic E-state index is 11.7. The van der Waals surface area contributed by atoms with Gasteiger partial charge in [0.1, 0.15) is 0 Å². The van der Waals surface area contributed by atoms with E-state index in [4.69, 9.17) is 5.73 Å². The van der Waals surface area contributed by atoms with Crippen molar-refractivity contribution in [2.75, 3.05) is 23.8 Å². The Morgan fingerprint density at radius 2 is 2.24 bits per heavy atom. The Morgan fingerprint density at radius 3 is 2.76 bits per heavy atom. The van der Waals surface area contributed by atoms with Crippen molar-refractivity contribution in [2.45, 2.75) is 31.6 Å². The topological polar surface area (TPSA) is 55.1 Å². The van der Waals surface area contributed by atoms with Crippen LogP contribution in [-0.4, -0.2) is 41.0 Å². The number of thioether (sulfide) groups is 2. The van der Waals surface area contributed by atoms with Crippen LogP contribution in [0.3, 0.4) is 0 Å². The Kier molecular flexibility index (Phi) is 9.59. The summed E-state index contributed by atoms with van der Waals surface area (Å²) in [6, 6.07) is -0.355. The van der Waals surface area contributed by atoms with Gasteiger partial charge >= 0.3 is 0 Å². The fourth-order valence-corrected chi connectivity index (χ4v) is 4.11. The van der Waals surface area contributed by atoms with Gasteiger partial charge in [-0.15, -0.1) is 12.4 Å². The van der Waals surface area contributed by atoms with Crippen molar-refractivity contribution in [1.82, 2.24) is 5.32 Å². The summed E-state index contributed by atoms with van der Waals surface area (Å²) in [5.41, 5.74) is 5.86. The summed E-state index contributed by atoms with van der Waals surface area (Å²) >= 11 is 3.93. The highest BCUT2D eigenvalue weighted by molar-refractivity contribution is 8.06. The zero-order chi connectivity index (χ0) is 12.0. The van der Waals surface area contributed by atoms with E-state index in [2.05, 4.69) is 12.2 Å². The third kappa shape index (κ3) is 6.22. The predicted molar refractivity (Wildman–Crippen MR) is 81.3 cm³/mol. The fraction of sp³-hybridized carbons (Fsp3) is 0.909. The van der Waals surface area contributed by atoms with Gasteiger partial charge in [-0.05, 0) is 5.92 Å². The van der Waals surface area contributed by atoms with Crippen molar-refractivity contribution in [3.63, 3.8) is 0 Å². The molecule has 1 heterocycles. The molecule has 1 rings (SSSR count). The molecule has 0 spiro atoms. The van der Waals surface area contributed by atoms with E-state index in [0.717, 1.165) is 18.7 Å². The van der Waals surface area contributed by atoms with Gasteiger partial charge in [-0.1, -0.05) is 20.3 Å². The zero-order valence-electron chi connectivity index (χ0n) is 10.5. The van der Waals surface area contributed by atoms with Crippen LogP contribution in [0.5, 0.6) is 0 Å². The van der Waals surface area contributed by atoms with Crippen LogP contribution in [0.15, 0.2) is 0 Å². The molecule has 0 aromatic heterocycles. The number of hydrogen-bond donors (Lipinski definition) is 2. The second-order valence-electron chi connectivity index (χ2n) is 4.22. The summed E-state index contributed by atoms with van der Waals surface area (Å²) in [6.07, 6.45) is 0.947. The van der Waals surface area contributed by atoms with Gasteiger partial charge in [-0.25, -0.2) is 0 Å². The third-order valence-electron chi connectivity index (χ3n) is 2.95. The van der Waals surface area contributed by atoms with Crippen molar-refractivity contribution >= 4 is 41.8 Å². The van der Waals surface area contributed by atoms with Gasteiger partial charge in [-0.3, -0.25) is 4.79 Å². The van der Waals surface area contributed by atoms with Gasteiger partial charge in [0.15, 0.2) is 0 Å². The zero-order valence-corrected chi connectivity index (χ0v) is 12.9.